The molecule has 0 aromatic heterocycles. The lowest BCUT2D eigenvalue weighted by Gasteiger charge is -2.41. The molecule has 0 aliphatic carbocycles. The van der Waals surface area contributed by atoms with Crippen LogP contribution < -0.4 is 4.90 Å². The summed E-state index contributed by atoms with van der Waals surface area (Å²) in [6.45, 7) is 2.83. The van der Waals surface area contributed by atoms with Crippen molar-refractivity contribution in [2.24, 2.45) is 5.92 Å². The zero-order valence-electron chi connectivity index (χ0n) is 17.4. The number of anilines is 1. The fourth-order valence-corrected chi connectivity index (χ4v) is 5.06. The highest BCUT2D eigenvalue weighted by molar-refractivity contribution is 6.18. The van der Waals surface area contributed by atoms with E-state index >= 15 is 0 Å². The summed E-state index contributed by atoms with van der Waals surface area (Å²) in [6, 6.07) is 15.9. The molecule has 2 unspecified atom stereocenters. The summed E-state index contributed by atoms with van der Waals surface area (Å²) in [5.74, 6) is -1.54. The van der Waals surface area contributed by atoms with Crippen LogP contribution in [0.2, 0.25) is 0 Å². The Morgan fingerprint density at radius 3 is 2.71 bits per heavy atom. The average Bonchev–Trinajstić information content (AvgIpc) is 2.92. The number of fused-ring (bicyclic) bond motifs is 7. The van der Waals surface area contributed by atoms with E-state index in [0.717, 1.165) is 29.8 Å². The maximum absolute atomic E-state index is 13.6. The van der Waals surface area contributed by atoms with Gasteiger partial charge in [0.15, 0.2) is 0 Å². The topological polar surface area (TPSA) is 66.9 Å². The van der Waals surface area contributed by atoms with Crippen LogP contribution in [0.15, 0.2) is 54.1 Å². The molecule has 0 saturated carbocycles. The first-order chi connectivity index (χ1) is 15.1. The number of benzene rings is 2. The summed E-state index contributed by atoms with van der Waals surface area (Å²) in [6.07, 6.45) is 2.76. The minimum Gasteiger partial charge on any atom is -0.466 e. The van der Waals surface area contributed by atoms with E-state index in [-0.39, 0.29) is 37.4 Å². The number of likely N-dealkylation sites (tertiary alicyclic amines) is 1. The van der Waals surface area contributed by atoms with Gasteiger partial charge in [-0.3, -0.25) is 19.3 Å². The van der Waals surface area contributed by atoms with Crippen molar-refractivity contribution in [2.75, 3.05) is 24.6 Å². The highest BCUT2D eigenvalue weighted by atomic mass is 16.5. The van der Waals surface area contributed by atoms with Crippen molar-refractivity contribution in [1.29, 1.82) is 0 Å². The second kappa shape index (κ2) is 7.69. The highest BCUT2D eigenvalue weighted by Crippen LogP contribution is 2.48. The zero-order chi connectivity index (χ0) is 21.5. The highest BCUT2D eigenvalue weighted by Gasteiger charge is 2.51. The molecule has 5 rings (SSSR count). The Bertz CT molecular complexity index is 1110. The Labute approximate surface area is 181 Å². The third kappa shape index (κ3) is 3.14. The number of esters is 1. The Morgan fingerprint density at radius 2 is 1.87 bits per heavy atom. The molecule has 31 heavy (non-hydrogen) atoms. The first-order valence-electron chi connectivity index (χ1n) is 10.8. The van der Waals surface area contributed by atoms with Gasteiger partial charge < -0.3 is 9.64 Å². The Morgan fingerprint density at radius 1 is 1.10 bits per heavy atom. The van der Waals surface area contributed by atoms with Crippen molar-refractivity contribution < 1.29 is 19.1 Å². The third-order valence-electron chi connectivity index (χ3n) is 6.41. The number of amides is 2. The second-order valence-corrected chi connectivity index (χ2v) is 8.07. The van der Waals surface area contributed by atoms with Crippen molar-refractivity contribution in [3.8, 4) is 0 Å². The van der Waals surface area contributed by atoms with E-state index in [2.05, 4.69) is 23.1 Å². The molecule has 2 amide bonds. The smallest absolute Gasteiger partial charge is 0.307 e. The summed E-state index contributed by atoms with van der Waals surface area (Å²) in [7, 11) is 0. The molecule has 3 aliphatic rings. The van der Waals surface area contributed by atoms with Crippen molar-refractivity contribution in [3.63, 3.8) is 0 Å². The molecule has 2 aromatic rings. The Balaban J connectivity index is 1.60. The number of carbonyl (C=O) groups excluding carboxylic acids is 3. The standard InChI is InChI=1S/C25H24N2O4/c1-2-31-21(28)12-14-27-24(29)19-15-17-8-4-6-10-20(17)26-13-11-16-7-3-5-9-18(16)23(26)22(19)25(27)30/h3-10,15,22-23H,2,11-14H2,1H3. The SMILES string of the molecule is CCOC(=O)CCN1C(=O)C2=Cc3ccccc3N3CCc4ccccc4C3C2C1=O. The fraction of sp³-hybridized carbons (Fsp3) is 0.320. The zero-order valence-corrected chi connectivity index (χ0v) is 17.4. The van der Waals surface area contributed by atoms with Gasteiger partial charge in [0.05, 0.1) is 25.0 Å². The van der Waals surface area contributed by atoms with Gasteiger partial charge in [0.25, 0.3) is 5.91 Å². The number of hydrogen-bond acceptors (Lipinski definition) is 5. The quantitative estimate of drug-likeness (QED) is 0.566. The fourth-order valence-electron chi connectivity index (χ4n) is 5.06. The molecule has 2 atom stereocenters. The largest absolute Gasteiger partial charge is 0.466 e. The van der Waals surface area contributed by atoms with Gasteiger partial charge in [0, 0.05) is 24.4 Å². The van der Waals surface area contributed by atoms with E-state index in [1.54, 1.807) is 6.92 Å². The molecule has 3 aliphatic heterocycles. The van der Waals surface area contributed by atoms with Crippen LogP contribution in [-0.2, 0) is 25.5 Å². The minimum atomic E-state index is -0.594. The first kappa shape index (κ1) is 19.5. The van der Waals surface area contributed by atoms with E-state index in [1.165, 1.54) is 10.5 Å². The molecule has 3 heterocycles. The summed E-state index contributed by atoms with van der Waals surface area (Å²) >= 11 is 0. The first-order valence-corrected chi connectivity index (χ1v) is 10.8. The summed E-state index contributed by atoms with van der Waals surface area (Å²) < 4.78 is 4.98. The van der Waals surface area contributed by atoms with Crippen molar-refractivity contribution in [2.45, 2.75) is 25.8 Å². The van der Waals surface area contributed by atoms with Crippen molar-refractivity contribution in [1.82, 2.24) is 4.90 Å². The Kier molecular flexibility index (Phi) is 4.85. The normalized spacial score (nSPS) is 21.5. The maximum Gasteiger partial charge on any atom is 0.307 e. The van der Waals surface area contributed by atoms with Crippen LogP contribution in [0, 0.1) is 5.92 Å². The van der Waals surface area contributed by atoms with Crippen LogP contribution in [0.3, 0.4) is 0 Å². The predicted molar refractivity (Wildman–Crippen MR) is 116 cm³/mol. The van der Waals surface area contributed by atoms with Crippen LogP contribution in [0.5, 0.6) is 0 Å². The lowest BCUT2D eigenvalue weighted by molar-refractivity contribution is -0.145. The van der Waals surface area contributed by atoms with E-state index in [0.29, 0.717) is 5.57 Å². The van der Waals surface area contributed by atoms with Crippen LogP contribution in [0.25, 0.3) is 6.08 Å². The monoisotopic (exact) mass is 416 g/mol. The van der Waals surface area contributed by atoms with Gasteiger partial charge in [-0.05, 0) is 42.2 Å². The van der Waals surface area contributed by atoms with Gasteiger partial charge >= 0.3 is 5.97 Å². The van der Waals surface area contributed by atoms with Crippen LogP contribution in [-0.4, -0.2) is 42.4 Å². The lowest BCUT2D eigenvalue weighted by Crippen LogP contribution is -2.42. The average molecular weight is 416 g/mol. The molecule has 2 aromatic carbocycles. The molecule has 1 saturated heterocycles. The van der Waals surface area contributed by atoms with Crippen LogP contribution in [0.1, 0.15) is 36.1 Å². The number of hydrogen-bond donors (Lipinski definition) is 0. The van der Waals surface area contributed by atoms with Gasteiger partial charge in [0.1, 0.15) is 0 Å². The Hall–Kier alpha value is -3.41. The van der Waals surface area contributed by atoms with Gasteiger partial charge in [0.2, 0.25) is 5.91 Å². The minimum absolute atomic E-state index is 0.00682. The number of imide groups is 1. The van der Waals surface area contributed by atoms with E-state index < -0.39 is 11.9 Å². The van der Waals surface area contributed by atoms with Crippen LogP contribution in [0.4, 0.5) is 5.69 Å². The van der Waals surface area contributed by atoms with Gasteiger partial charge in [-0.15, -0.1) is 0 Å². The van der Waals surface area contributed by atoms with E-state index in [4.69, 9.17) is 4.74 Å². The molecule has 0 bridgehead atoms. The van der Waals surface area contributed by atoms with Gasteiger partial charge in [-0.2, -0.15) is 0 Å². The number of nitrogens with zero attached hydrogens (tertiary/aromatic N) is 2. The molecule has 0 spiro atoms. The summed E-state index contributed by atoms with van der Waals surface area (Å²) in [5.41, 5.74) is 4.80. The lowest BCUT2D eigenvalue weighted by atomic mass is 9.82. The molecule has 158 valence electrons. The number of carbonyl (C=O) groups is 3. The molecule has 6 nitrogen and oxygen atoms in total. The molecule has 0 N–H and O–H groups in total. The van der Waals surface area contributed by atoms with Gasteiger partial charge in [-0.25, -0.2) is 0 Å². The molecular formula is C25H24N2O4. The van der Waals surface area contributed by atoms with Crippen molar-refractivity contribution in [3.05, 3.63) is 70.8 Å². The molecule has 0 radical (unpaired) electrons. The summed E-state index contributed by atoms with van der Waals surface area (Å²) in [4.78, 5) is 42.3. The van der Waals surface area contributed by atoms with Crippen molar-refractivity contribution >= 4 is 29.5 Å². The predicted octanol–water partition coefficient (Wildman–Crippen LogP) is 3.13. The molecule has 6 heteroatoms. The third-order valence-corrected chi connectivity index (χ3v) is 6.41. The van der Waals surface area contributed by atoms with Gasteiger partial charge in [-0.1, -0.05) is 42.5 Å². The molecule has 1 fully saturated rings. The van der Waals surface area contributed by atoms with E-state index in [9.17, 15) is 14.4 Å². The second-order valence-electron chi connectivity index (χ2n) is 8.07. The summed E-state index contributed by atoms with van der Waals surface area (Å²) in [5, 5.41) is 0. The van der Waals surface area contributed by atoms with E-state index in [1.807, 2.05) is 36.4 Å². The van der Waals surface area contributed by atoms with Crippen LogP contribution >= 0.6 is 0 Å². The molecular weight excluding hydrogens is 392 g/mol. The number of rotatable bonds is 4. The number of para-hydroxylation sites is 1. The maximum atomic E-state index is 13.6. The number of ether oxygens (including phenoxy) is 1.